The molecule has 38 heavy (non-hydrogen) atoms. The number of nitrogens with zero attached hydrogens (tertiary/aromatic N) is 4. The molecule has 3 heterocycles. The van der Waals surface area contributed by atoms with Crippen LogP contribution in [0.25, 0.3) is 16.9 Å². The molecule has 4 nitrogen and oxygen atoms in total. The number of rotatable bonds is 5. The average Bonchev–Trinajstić information content (AvgIpc) is 3.30. The minimum atomic E-state index is -0.428. The second-order valence-corrected chi connectivity index (χ2v) is 10.8. The Bertz CT molecular complexity index is 1620. The molecule has 2 aliphatic rings. The van der Waals surface area contributed by atoms with Crippen LogP contribution in [0.5, 0.6) is 0 Å². The SMILES string of the molecule is CCCc1ccc(-c2nn(-c3ccccc3)c3c2[C@H](c2cccc(Cl)c2Cl)N2C=C(Cl)C=C(Cl)C2=N3)cc1. The number of benzene rings is 3. The van der Waals surface area contributed by atoms with E-state index in [2.05, 4.69) is 31.2 Å². The minimum Gasteiger partial charge on any atom is -0.318 e. The highest BCUT2D eigenvalue weighted by molar-refractivity contribution is 6.46. The van der Waals surface area contributed by atoms with Crippen LogP contribution < -0.4 is 0 Å². The monoisotopic (exact) mass is 578 g/mol. The standard InChI is InChI=1S/C30H22Cl4N4/c1-2-7-18-12-14-19(15-13-18)27-25-28(22-10-6-11-23(32)26(22)34)37-17-20(31)16-24(33)29(37)35-30(25)38(36-27)21-8-4-3-5-9-21/h3-6,8-17,28H,2,7H2,1H3/t28-/m0/s1. The third-order valence-electron chi connectivity index (χ3n) is 6.69. The first-order chi connectivity index (χ1) is 18.5. The predicted molar refractivity (Wildman–Crippen MR) is 158 cm³/mol. The lowest BCUT2D eigenvalue weighted by Gasteiger charge is -2.37. The van der Waals surface area contributed by atoms with Crippen LogP contribution in [-0.2, 0) is 6.42 Å². The Morgan fingerprint density at radius 3 is 2.37 bits per heavy atom. The molecular formula is C30H22Cl4N4. The average molecular weight is 580 g/mol. The fourth-order valence-corrected chi connectivity index (χ4v) is 5.92. The molecule has 2 aliphatic heterocycles. The van der Waals surface area contributed by atoms with Crippen LogP contribution >= 0.6 is 46.4 Å². The largest absolute Gasteiger partial charge is 0.318 e. The highest BCUT2D eigenvalue weighted by Crippen LogP contribution is 2.50. The zero-order valence-corrected chi connectivity index (χ0v) is 23.4. The molecule has 0 amide bonds. The maximum atomic E-state index is 6.85. The van der Waals surface area contributed by atoms with E-state index in [9.17, 15) is 0 Å². The smallest absolute Gasteiger partial charge is 0.164 e. The van der Waals surface area contributed by atoms with Gasteiger partial charge in [0, 0.05) is 11.8 Å². The van der Waals surface area contributed by atoms with Crippen LogP contribution in [0.2, 0.25) is 10.0 Å². The van der Waals surface area contributed by atoms with Gasteiger partial charge in [-0.3, -0.25) is 0 Å². The second kappa shape index (κ2) is 10.3. The van der Waals surface area contributed by atoms with Crippen LogP contribution in [0.3, 0.4) is 0 Å². The van der Waals surface area contributed by atoms with E-state index in [1.807, 2.05) is 58.2 Å². The molecule has 1 aromatic heterocycles. The quantitative estimate of drug-likeness (QED) is 0.236. The Kier molecular flexibility index (Phi) is 6.83. The first-order valence-corrected chi connectivity index (χ1v) is 13.8. The van der Waals surface area contributed by atoms with Crippen LogP contribution in [0.4, 0.5) is 5.82 Å². The number of halogens is 4. The number of allylic oxidation sites excluding steroid dienone is 2. The number of hydrogen-bond acceptors (Lipinski definition) is 3. The van der Waals surface area contributed by atoms with Gasteiger partial charge in [-0.05, 0) is 41.8 Å². The number of fused-ring (bicyclic) bond motifs is 2. The number of hydrogen-bond donors (Lipinski definition) is 0. The molecule has 4 aromatic rings. The fourth-order valence-electron chi connectivity index (χ4n) is 4.99. The van der Waals surface area contributed by atoms with Gasteiger partial charge < -0.3 is 4.90 Å². The lowest BCUT2D eigenvalue weighted by Crippen LogP contribution is -2.36. The zero-order chi connectivity index (χ0) is 26.4. The van der Waals surface area contributed by atoms with Crippen molar-refractivity contribution < 1.29 is 0 Å². The van der Waals surface area contributed by atoms with Crippen molar-refractivity contribution in [2.45, 2.75) is 25.8 Å². The van der Waals surface area contributed by atoms with Crippen LogP contribution in [0, 0.1) is 0 Å². The van der Waals surface area contributed by atoms with Crippen molar-refractivity contribution in [3.05, 3.63) is 122 Å². The van der Waals surface area contributed by atoms with E-state index in [-0.39, 0.29) is 0 Å². The van der Waals surface area contributed by atoms with E-state index in [1.54, 1.807) is 12.1 Å². The Morgan fingerprint density at radius 1 is 0.868 bits per heavy atom. The van der Waals surface area contributed by atoms with Crippen molar-refractivity contribution in [2.75, 3.05) is 0 Å². The second-order valence-electron chi connectivity index (χ2n) is 9.17. The molecule has 0 bridgehead atoms. The maximum absolute atomic E-state index is 6.85. The molecule has 6 rings (SSSR count). The molecule has 0 radical (unpaired) electrons. The van der Waals surface area contributed by atoms with E-state index in [0.29, 0.717) is 31.8 Å². The molecule has 0 saturated heterocycles. The van der Waals surface area contributed by atoms with Gasteiger partial charge in [0.25, 0.3) is 0 Å². The number of aliphatic imine (C=N–C) groups is 1. The molecule has 0 unspecified atom stereocenters. The third kappa shape index (κ3) is 4.36. The number of aryl methyl sites for hydroxylation is 1. The first kappa shape index (κ1) is 25.3. The summed E-state index contributed by atoms with van der Waals surface area (Å²) in [6, 6.07) is 23.7. The summed E-state index contributed by atoms with van der Waals surface area (Å²) in [4.78, 5) is 7.00. The van der Waals surface area contributed by atoms with Gasteiger partial charge >= 0.3 is 0 Å². The Morgan fingerprint density at radius 2 is 1.63 bits per heavy atom. The minimum absolute atomic E-state index is 0.428. The van der Waals surface area contributed by atoms with Gasteiger partial charge in [0.15, 0.2) is 11.7 Å². The zero-order valence-electron chi connectivity index (χ0n) is 20.4. The van der Waals surface area contributed by atoms with Gasteiger partial charge in [-0.2, -0.15) is 5.10 Å². The third-order valence-corrected chi connectivity index (χ3v) is 8.01. The summed E-state index contributed by atoms with van der Waals surface area (Å²) < 4.78 is 1.87. The van der Waals surface area contributed by atoms with Crippen molar-refractivity contribution in [1.29, 1.82) is 0 Å². The van der Waals surface area contributed by atoms with E-state index in [4.69, 9.17) is 56.5 Å². The van der Waals surface area contributed by atoms with Gasteiger partial charge in [-0.1, -0.05) is 114 Å². The van der Waals surface area contributed by atoms with Gasteiger partial charge in [0.2, 0.25) is 0 Å². The molecule has 1 atom stereocenters. The maximum Gasteiger partial charge on any atom is 0.164 e. The van der Waals surface area contributed by atoms with Crippen molar-refractivity contribution >= 4 is 58.1 Å². The number of aromatic nitrogens is 2. The van der Waals surface area contributed by atoms with Gasteiger partial charge in [0.05, 0.1) is 37.4 Å². The summed E-state index contributed by atoms with van der Waals surface area (Å²) in [7, 11) is 0. The van der Waals surface area contributed by atoms with E-state index in [0.717, 1.165) is 40.9 Å². The van der Waals surface area contributed by atoms with Crippen LogP contribution in [0.15, 0.2) is 100 Å². The van der Waals surface area contributed by atoms with Gasteiger partial charge in [-0.25, -0.2) is 9.67 Å². The van der Waals surface area contributed by atoms with E-state index >= 15 is 0 Å². The molecule has 0 N–H and O–H groups in total. The normalized spacial score (nSPS) is 16.4. The first-order valence-electron chi connectivity index (χ1n) is 12.3. The predicted octanol–water partition coefficient (Wildman–Crippen LogP) is 9.45. The Hall–Kier alpha value is -3.02. The molecule has 0 aliphatic carbocycles. The summed E-state index contributed by atoms with van der Waals surface area (Å²) in [5.74, 6) is 1.24. The lowest BCUT2D eigenvalue weighted by molar-refractivity contribution is 0.462. The summed E-state index contributed by atoms with van der Waals surface area (Å²) in [6.07, 6.45) is 5.62. The van der Waals surface area contributed by atoms with Crippen molar-refractivity contribution in [1.82, 2.24) is 14.7 Å². The van der Waals surface area contributed by atoms with Crippen molar-refractivity contribution in [3.63, 3.8) is 0 Å². The molecule has 0 saturated carbocycles. The summed E-state index contributed by atoms with van der Waals surface area (Å²) >= 11 is 26.6. The number of amidine groups is 1. The molecule has 190 valence electrons. The molecule has 3 aromatic carbocycles. The highest BCUT2D eigenvalue weighted by Gasteiger charge is 2.40. The number of para-hydroxylation sites is 1. The topological polar surface area (TPSA) is 33.4 Å². The van der Waals surface area contributed by atoms with Gasteiger partial charge in [0.1, 0.15) is 5.69 Å². The Balaban J connectivity index is 1.68. The van der Waals surface area contributed by atoms with E-state index < -0.39 is 6.04 Å². The molecule has 8 heteroatoms. The molecular weight excluding hydrogens is 558 g/mol. The molecule has 0 spiro atoms. The molecule has 0 fully saturated rings. The summed E-state index contributed by atoms with van der Waals surface area (Å²) in [6.45, 7) is 2.18. The Labute approximate surface area is 241 Å². The van der Waals surface area contributed by atoms with Crippen LogP contribution in [-0.4, -0.2) is 20.5 Å². The fraction of sp³-hybridized carbons (Fsp3) is 0.133. The summed E-state index contributed by atoms with van der Waals surface area (Å²) in [5, 5.41) is 6.96. The van der Waals surface area contributed by atoms with Crippen LogP contribution in [0.1, 0.15) is 36.1 Å². The lowest BCUT2D eigenvalue weighted by atomic mass is 9.92. The van der Waals surface area contributed by atoms with E-state index in [1.165, 1.54) is 5.56 Å². The van der Waals surface area contributed by atoms with Gasteiger partial charge in [-0.15, -0.1) is 0 Å². The van der Waals surface area contributed by atoms with Crippen molar-refractivity contribution in [3.8, 4) is 16.9 Å². The summed E-state index contributed by atoms with van der Waals surface area (Å²) in [5.41, 5.74) is 5.63. The van der Waals surface area contributed by atoms with Crippen molar-refractivity contribution in [2.24, 2.45) is 4.99 Å². The highest BCUT2D eigenvalue weighted by atomic mass is 35.5.